The molecule has 21 heavy (non-hydrogen) atoms. The van der Waals surface area contributed by atoms with Gasteiger partial charge in [0.25, 0.3) is 0 Å². The maximum atomic E-state index is 10.3. The Balaban J connectivity index is 1.79. The summed E-state index contributed by atoms with van der Waals surface area (Å²) in [5.41, 5.74) is 3.71. The number of fused-ring (bicyclic) bond motifs is 1. The molecule has 0 aliphatic heterocycles. The van der Waals surface area contributed by atoms with Crippen molar-refractivity contribution in [2.45, 2.75) is 26.0 Å². The molecule has 0 aliphatic rings. The molecule has 1 unspecified atom stereocenters. The zero-order valence-electron chi connectivity index (χ0n) is 12.0. The van der Waals surface area contributed by atoms with Crippen LogP contribution in [-0.4, -0.2) is 30.5 Å². The third kappa shape index (κ3) is 2.66. The van der Waals surface area contributed by atoms with Crippen molar-refractivity contribution < 1.29 is 5.11 Å². The number of imidazole rings is 1. The van der Waals surface area contributed by atoms with Crippen molar-refractivity contribution in [2.75, 3.05) is 0 Å². The van der Waals surface area contributed by atoms with Gasteiger partial charge in [-0.2, -0.15) is 5.10 Å². The predicted molar refractivity (Wildman–Crippen MR) is 82.4 cm³/mol. The Labute approximate surface area is 127 Å². The summed E-state index contributed by atoms with van der Waals surface area (Å²) in [7, 11) is 1.80. The number of aromatic nitrogens is 4. The van der Waals surface area contributed by atoms with Crippen molar-refractivity contribution in [3.63, 3.8) is 0 Å². The Morgan fingerprint density at radius 3 is 2.81 bits per heavy atom. The number of benzene rings is 1. The Kier molecular flexibility index (Phi) is 3.69. The van der Waals surface area contributed by atoms with Crippen molar-refractivity contribution in [1.29, 1.82) is 0 Å². The Hall–Kier alpha value is -1.85. The number of halogens is 1. The average Bonchev–Trinajstić information content (AvgIpc) is 2.96. The van der Waals surface area contributed by atoms with Gasteiger partial charge in [-0.3, -0.25) is 4.68 Å². The van der Waals surface area contributed by atoms with Gasteiger partial charge in [0.05, 0.1) is 35.7 Å². The number of para-hydroxylation sites is 2. The van der Waals surface area contributed by atoms with Crippen LogP contribution in [0.25, 0.3) is 11.0 Å². The molecule has 1 aromatic carbocycles. The van der Waals surface area contributed by atoms with E-state index in [1.54, 1.807) is 18.1 Å². The van der Waals surface area contributed by atoms with E-state index in [0.717, 1.165) is 22.3 Å². The van der Waals surface area contributed by atoms with Crippen LogP contribution in [0.15, 0.2) is 30.6 Å². The van der Waals surface area contributed by atoms with Crippen LogP contribution in [-0.2, 0) is 20.0 Å². The van der Waals surface area contributed by atoms with E-state index in [9.17, 15) is 5.11 Å². The highest BCUT2D eigenvalue weighted by atomic mass is 35.5. The second-order valence-electron chi connectivity index (χ2n) is 5.22. The van der Waals surface area contributed by atoms with Gasteiger partial charge in [-0.15, -0.1) is 0 Å². The molecular formula is C15H17ClN4O. The molecule has 3 rings (SSSR count). The lowest BCUT2D eigenvalue weighted by atomic mass is 10.1. The van der Waals surface area contributed by atoms with Crippen molar-refractivity contribution in [3.05, 3.63) is 47.0 Å². The van der Waals surface area contributed by atoms with Gasteiger partial charge in [-0.25, -0.2) is 4.98 Å². The first-order valence-electron chi connectivity index (χ1n) is 6.82. The maximum Gasteiger partial charge on any atom is 0.130 e. The van der Waals surface area contributed by atoms with E-state index in [0.29, 0.717) is 18.1 Å². The number of aryl methyl sites for hydroxylation is 2. The molecule has 2 aromatic heterocycles. The SMILES string of the molecule is Cc1nn(C)c(Cl)c1CC(O)Cn1cnc2ccccc21. The maximum absolute atomic E-state index is 10.3. The van der Waals surface area contributed by atoms with E-state index in [-0.39, 0.29) is 0 Å². The molecule has 5 nitrogen and oxygen atoms in total. The number of aliphatic hydroxyl groups excluding tert-OH is 1. The van der Waals surface area contributed by atoms with Gasteiger partial charge in [0.2, 0.25) is 0 Å². The molecule has 1 N–H and O–H groups in total. The minimum absolute atomic E-state index is 0.477. The summed E-state index contributed by atoms with van der Waals surface area (Å²) in [6, 6.07) is 7.88. The highest BCUT2D eigenvalue weighted by Gasteiger charge is 2.16. The van der Waals surface area contributed by atoms with Crippen molar-refractivity contribution >= 4 is 22.6 Å². The second kappa shape index (κ2) is 5.50. The quantitative estimate of drug-likeness (QED) is 0.805. The standard InChI is InChI=1S/C15H17ClN4O/c1-10-12(15(16)19(2)18-10)7-11(21)8-20-9-17-13-5-3-4-6-14(13)20/h3-6,9,11,21H,7-8H2,1-2H3. The lowest BCUT2D eigenvalue weighted by Crippen LogP contribution is -2.18. The van der Waals surface area contributed by atoms with Crippen LogP contribution in [0.4, 0.5) is 0 Å². The molecular weight excluding hydrogens is 288 g/mol. The lowest BCUT2D eigenvalue weighted by Gasteiger charge is -2.12. The van der Waals surface area contributed by atoms with Crippen LogP contribution in [0, 0.1) is 6.92 Å². The summed E-state index contributed by atoms with van der Waals surface area (Å²) < 4.78 is 3.59. The molecule has 3 aromatic rings. The van der Waals surface area contributed by atoms with Gasteiger partial charge in [-0.05, 0) is 19.1 Å². The van der Waals surface area contributed by atoms with Crippen LogP contribution in [0.1, 0.15) is 11.3 Å². The highest BCUT2D eigenvalue weighted by molar-refractivity contribution is 6.30. The normalized spacial score (nSPS) is 13.0. The van der Waals surface area contributed by atoms with Gasteiger partial charge in [0, 0.05) is 19.0 Å². The summed E-state index contributed by atoms with van der Waals surface area (Å²) in [5, 5.41) is 15.2. The summed E-state index contributed by atoms with van der Waals surface area (Å²) in [5.74, 6) is 0. The van der Waals surface area contributed by atoms with Crippen LogP contribution in [0.5, 0.6) is 0 Å². The Morgan fingerprint density at radius 2 is 2.10 bits per heavy atom. The minimum atomic E-state index is -0.539. The number of aliphatic hydroxyl groups is 1. The van der Waals surface area contributed by atoms with E-state index in [1.165, 1.54) is 0 Å². The molecule has 0 spiro atoms. The van der Waals surface area contributed by atoms with E-state index >= 15 is 0 Å². The molecule has 0 radical (unpaired) electrons. The van der Waals surface area contributed by atoms with E-state index in [4.69, 9.17) is 11.6 Å². The number of rotatable bonds is 4. The lowest BCUT2D eigenvalue weighted by molar-refractivity contribution is 0.155. The first-order valence-corrected chi connectivity index (χ1v) is 7.20. The smallest absolute Gasteiger partial charge is 0.130 e. The summed E-state index contributed by atoms with van der Waals surface area (Å²) in [6.45, 7) is 2.38. The minimum Gasteiger partial charge on any atom is -0.391 e. The van der Waals surface area contributed by atoms with Crippen molar-refractivity contribution in [2.24, 2.45) is 7.05 Å². The number of nitrogens with zero attached hydrogens (tertiary/aromatic N) is 4. The number of hydrogen-bond acceptors (Lipinski definition) is 3. The zero-order valence-corrected chi connectivity index (χ0v) is 12.7. The first kappa shape index (κ1) is 14.1. The fourth-order valence-corrected chi connectivity index (χ4v) is 2.84. The van der Waals surface area contributed by atoms with Crippen LogP contribution >= 0.6 is 11.6 Å². The predicted octanol–water partition coefficient (Wildman–Crippen LogP) is 2.34. The number of hydrogen-bond donors (Lipinski definition) is 1. The summed E-state index contributed by atoms with van der Waals surface area (Å²) in [6.07, 6.45) is 1.69. The third-order valence-corrected chi connectivity index (χ3v) is 4.12. The third-order valence-electron chi connectivity index (χ3n) is 3.64. The first-order chi connectivity index (χ1) is 10.1. The Morgan fingerprint density at radius 1 is 1.33 bits per heavy atom. The monoisotopic (exact) mass is 304 g/mol. The van der Waals surface area contributed by atoms with E-state index in [1.807, 2.05) is 35.8 Å². The highest BCUT2D eigenvalue weighted by Crippen LogP contribution is 2.21. The summed E-state index contributed by atoms with van der Waals surface area (Å²) in [4.78, 5) is 4.33. The zero-order chi connectivity index (χ0) is 15.0. The second-order valence-corrected chi connectivity index (χ2v) is 5.58. The van der Waals surface area contributed by atoms with Crippen LogP contribution in [0.2, 0.25) is 5.15 Å². The molecule has 0 saturated heterocycles. The van der Waals surface area contributed by atoms with E-state index in [2.05, 4.69) is 10.1 Å². The Bertz CT molecular complexity index is 777. The van der Waals surface area contributed by atoms with Crippen molar-refractivity contribution in [3.8, 4) is 0 Å². The topological polar surface area (TPSA) is 55.9 Å². The molecule has 2 heterocycles. The van der Waals surface area contributed by atoms with Gasteiger partial charge < -0.3 is 9.67 Å². The fraction of sp³-hybridized carbons (Fsp3) is 0.333. The average molecular weight is 305 g/mol. The molecule has 0 fully saturated rings. The molecule has 110 valence electrons. The molecule has 0 bridgehead atoms. The largest absolute Gasteiger partial charge is 0.391 e. The van der Waals surface area contributed by atoms with Gasteiger partial charge in [0.1, 0.15) is 5.15 Å². The van der Waals surface area contributed by atoms with Crippen LogP contribution < -0.4 is 0 Å². The van der Waals surface area contributed by atoms with Gasteiger partial charge in [0.15, 0.2) is 0 Å². The molecule has 1 atom stereocenters. The van der Waals surface area contributed by atoms with Crippen molar-refractivity contribution in [1.82, 2.24) is 19.3 Å². The molecule has 0 saturated carbocycles. The van der Waals surface area contributed by atoms with Gasteiger partial charge >= 0.3 is 0 Å². The fourth-order valence-electron chi connectivity index (χ4n) is 2.59. The van der Waals surface area contributed by atoms with Gasteiger partial charge in [-0.1, -0.05) is 23.7 Å². The van der Waals surface area contributed by atoms with E-state index < -0.39 is 6.10 Å². The van der Waals surface area contributed by atoms with Crippen LogP contribution in [0.3, 0.4) is 0 Å². The molecule has 0 aliphatic carbocycles. The molecule has 0 amide bonds. The summed E-state index contributed by atoms with van der Waals surface area (Å²) >= 11 is 6.21. The molecule has 6 heteroatoms.